The van der Waals surface area contributed by atoms with Crippen LogP contribution in [-0.4, -0.2) is 73.4 Å². The van der Waals surface area contributed by atoms with E-state index in [1.165, 1.54) is 6.07 Å². The predicted molar refractivity (Wildman–Crippen MR) is 109 cm³/mol. The molecule has 2 saturated heterocycles. The molecule has 1 aromatic heterocycles. The van der Waals surface area contributed by atoms with Crippen molar-refractivity contribution in [1.29, 1.82) is 0 Å². The van der Waals surface area contributed by atoms with Gasteiger partial charge in [-0.3, -0.25) is 0 Å². The van der Waals surface area contributed by atoms with Gasteiger partial charge in [0.2, 0.25) is 0 Å². The number of halogens is 1. The number of rotatable bonds is 3. The molecule has 9 heteroatoms. The molecule has 2 aliphatic heterocycles. The number of piperazine rings is 1. The molecular formula is C20H25FN6O2. The second-order valence-electron chi connectivity index (χ2n) is 7.20. The van der Waals surface area contributed by atoms with Crippen LogP contribution in [0.4, 0.5) is 26.5 Å². The average molecular weight is 400 g/mol. The van der Waals surface area contributed by atoms with Crippen molar-refractivity contribution in [2.75, 3.05) is 67.6 Å². The average Bonchev–Trinajstić information content (AvgIpc) is 2.77. The van der Waals surface area contributed by atoms with Crippen LogP contribution in [0.25, 0.3) is 0 Å². The quantitative estimate of drug-likeness (QED) is 0.851. The van der Waals surface area contributed by atoms with Gasteiger partial charge in [0.05, 0.1) is 13.2 Å². The largest absolute Gasteiger partial charge is 0.378 e. The van der Waals surface area contributed by atoms with Gasteiger partial charge in [-0.15, -0.1) is 0 Å². The van der Waals surface area contributed by atoms with Crippen LogP contribution in [0.1, 0.15) is 5.56 Å². The normalized spacial score (nSPS) is 17.4. The predicted octanol–water partition coefficient (Wildman–Crippen LogP) is 2.11. The van der Waals surface area contributed by atoms with Gasteiger partial charge in [0.25, 0.3) is 0 Å². The van der Waals surface area contributed by atoms with Gasteiger partial charge in [0.1, 0.15) is 23.8 Å². The summed E-state index contributed by atoms with van der Waals surface area (Å²) < 4.78 is 19.1. The van der Waals surface area contributed by atoms with Crippen molar-refractivity contribution in [2.45, 2.75) is 6.92 Å². The first-order valence-corrected chi connectivity index (χ1v) is 9.82. The molecule has 2 fully saturated rings. The Morgan fingerprint density at radius 2 is 1.66 bits per heavy atom. The van der Waals surface area contributed by atoms with E-state index in [0.717, 1.165) is 24.7 Å². The van der Waals surface area contributed by atoms with E-state index in [1.54, 1.807) is 30.3 Å². The summed E-state index contributed by atoms with van der Waals surface area (Å²) in [7, 11) is 0. The summed E-state index contributed by atoms with van der Waals surface area (Å²) in [4.78, 5) is 27.4. The molecule has 0 saturated carbocycles. The SMILES string of the molecule is Cc1ccc(NC(=O)N2CCN(c3cc(N4CCOCC4)ncn3)CC2)cc1F. The number of benzene rings is 1. The molecule has 3 heterocycles. The van der Waals surface area contributed by atoms with Crippen molar-refractivity contribution in [3.05, 3.63) is 42.0 Å². The maximum atomic E-state index is 13.7. The first kappa shape index (κ1) is 19.4. The number of carbonyl (C=O) groups excluding carboxylic acids is 1. The van der Waals surface area contributed by atoms with Crippen molar-refractivity contribution >= 4 is 23.4 Å². The summed E-state index contributed by atoms with van der Waals surface area (Å²) in [6.07, 6.45) is 1.59. The molecule has 0 unspecified atom stereocenters. The molecule has 2 aromatic rings. The second-order valence-corrected chi connectivity index (χ2v) is 7.20. The van der Waals surface area contributed by atoms with Gasteiger partial charge in [-0.25, -0.2) is 19.2 Å². The van der Waals surface area contributed by atoms with Crippen LogP contribution in [0.5, 0.6) is 0 Å². The Labute approximate surface area is 169 Å². The number of ether oxygens (including phenoxy) is 1. The van der Waals surface area contributed by atoms with E-state index < -0.39 is 0 Å². The third kappa shape index (κ3) is 4.56. The van der Waals surface area contributed by atoms with Crippen molar-refractivity contribution in [3.8, 4) is 0 Å². The number of morpholine rings is 1. The van der Waals surface area contributed by atoms with Gasteiger partial charge in [-0.1, -0.05) is 6.07 Å². The maximum Gasteiger partial charge on any atom is 0.321 e. The van der Waals surface area contributed by atoms with Crippen LogP contribution in [0.2, 0.25) is 0 Å². The molecule has 0 atom stereocenters. The number of hydrogen-bond acceptors (Lipinski definition) is 6. The van der Waals surface area contributed by atoms with Crippen LogP contribution in [0.15, 0.2) is 30.6 Å². The van der Waals surface area contributed by atoms with E-state index in [0.29, 0.717) is 50.6 Å². The standard InChI is InChI=1S/C20H25FN6O2/c1-15-2-3-16(12-17(15)21)24-20(28)27-6-4-25(5-7-27)18-13-19(23-14-22-18)26-8-10-29-11-9-26/h2-3,12-14H,4-11H2,1H3,(H,24,28). The molecule has 1 aromatic carbocycles. The zero-order chi connectivity index (χ0) is 20.2. The highest BCUT2D eigenvalue weighted by Crippen LogP contribution is 2.20. The van der Waals surface area contributed by atoms with Gasteiger partial charge in [0, 0.05) is 51.0 Å². The summed E-state index contributed by atoms with van der Waals surface area (Å²) in [5.41, 5.74) is 1.02. The highest BCUT2D eigenvalue weighted by molar-refractivity contribution is 5.89. The Bertz CT molecular complexity index is 866. The molecule has 0 bridgehead atoms. The van der Waals surface area contributed by atoms with Crippen LogP contribution in [0, 0.1) is 12.7 Å². The van der Waals surface area contributed by atoms with Gasteiger partial charge in [-0.2, -0.15) is 0 Å². The first-order chi connectivity index (χ1) is 14.1. The number of nitrogens with zero attached hydrogens (tertiary/aromatic N) is 5. The highest BCUT2D eigenvalue weighted by Gasteiger charge is 2.23. The lowest BCUT2D eigenvalue weighted by Gasteiger charge is -2.36. The van der Waals surface area contributed by atoms with E-state index in [1.807, 2.05) is 6.07 Å². The fourth-order valence-corrected chi connectivity index (χ4v) is 3.49. The topological polar surface area (TPSA) is 73.8 Å². The zero-order valence-corrected chi connectivity index (χ0v) is 16.5. The van der Waals surface area contributed by atoms with Crippen LogP contribution >= 0.6 is 0 Å². The van der Waals surface area contributed by atoms with E-state index in [4.69, 9.17) is 4.74 Å². The van der Waals surface area contributed by atoms with Gasteiger partial charge < -0.3 is 24.8 Å². The number of anilines is 3. The third-order valence-electron chi connectivity index (χ3n) is 5.29. The number of aromatic nitrogens is 2. The Morgan fingerprint density at radius 3 is 2.31 bits per heavy atom. The zero-order valence-electron chi connectivity index (χ0n) is 16.5. The fourth-order valence-electron chi connectivity index (χ4n) is 3.49. The molecule has 154 valence electrons. The van der Waals surface area contributed by atoms with Crippen LogP contribution < -0.4 is 15.1 Å². The number of aryl methyl sites for hydroxylation is 1. The molecule has 2 amide bonds. The molecule has 1 N–H and O–H groups in total. The number of carbonyl (C=O) groups is 1. The van der Waals surface area contributed by atoms with E-state index in [2.05, 4.69) is 25.1 Å². The summed E-state index contributed by atoms with van der Waals surface area (Å²) >= 11 is 0. The minimum absolute atomic E-state index is 0.218. The third-order valence-corrected chi connectivity index (χ3v) is 5.29. The summed E-state index contributed by atoms with van der Waals surface area (Å²) in [5.74, 6) is 1.44. The molecule has 29 heavy (non-hydrogen) atoms. The molecule has 0 aliphatic carbocycles. The second kappa shape index (κ2) is 8.60. The van der Waals surface area contributed by atoms with Crippen LogP contribution in [0.3, 0.4) is 0 Å². The Morgan fingerprint density at radius 1 is 1.00 bits per heavy atom. The lowest BCUT2D eigenvalue weighted by atomic mass is 10.2. The van der Waals surface area contributed by atoms with Crippen LogP contribution in [-0.2, 0) is 4.74 Å². The van der Waals surface area contributed by atoms with Crippen molar-refractivity contribution in [3.63, 3.8) is 0 Å². The fraction of sp³-hybridized carbons (Fsp3) is 0.450. The minimum atomic E-state index is -0.326. The minimum Gasteiger partial charge on any atom is -0.378 e. The van der Waals surface area contributed by atoms with Gasteiger partial charge in [-0.05, 0) is 24.6 Å². The van der Waals surface area contributed by atoms with E-state index in [-0.39, 0.29) is 11.8 Å². The lowest BCUT2D eigenvalue weighted by Crippen LogP contribution is -2.50. The summed E-state index contributed by atoms with van der Waals surface area (Å²) in [5, 5.41) is 2.77. The molecule has 4 rings (SSSR count). The number of hydrogen-bond donors (Lipinski definition) is 1. The Hall–Kier alpha value is -2.94. The van der Waals surface area contributed by atoms with Crippen molar-refractivity contribution in [2.24, 2.45) is 0 Å². The van der Waals surface area contributed by atoms with E-state index >= 15 is 0 Å². The molecule has 0 radical (unpaired) electrons. The van der Waals surface area contributed by atoms with Gasteiger partial charge in [0.15, 0.2) is 0 Å². The maximum absolute atomic E-state index is 13.7. The molecule has 8 nitrogen and oxygen atoms in total. The van der Waals surface area contributed by atoms with Crippen molar-refractivity contribution < 1.29 is 13.9 Å². The lowest BCUT2D eigenvalue weighted by molar-refractivity contribution is 0.122. The first-order valence-electron chi connectivity index (χ1n) is 9.82. The highest BCUT2D eigenvalue weighted by atomic mass is 19.1. The van der Waals surface area contributed by atoms with Crippen molar-refractivity contribution in [1.82, 2.24) is 14.9 Å². The molecule has 2 aliphatic rings. The number of amides is 2. The number of urea groups is 1. The van der Waals surface area contributed by atoms with E-state index in [9.17, 15) is 9.18 Å². The Kier molecular flexibility index (Phi) is 5.75. The molecular weight excluding hydrogens is 375 g/mol. The molecule has 0 spiro atoms. The summed E-state index contributed by atoms with van der Waals surface area (Å²) in [6, 6.07) is 6.49. The van der Waals surface area contributed by atoms with Gasteiger partial charge >= 0.3 is 6.03 Å². The smallest absolute Gasteiger partial charge is 0.321 e. The number of nitrogens with one attached hydrogen (secondary N) is 1. The monoisotopic (exact) mass is 400 g/mol. The summed E-state index contributed by atoms with van der Waals surface area (Å²) in [6.45, 7) is 7.24. The Balaban J connectivity index is 1.34.